The molecular weight excluding hydrogens is 138 g/mol. The minimum Gasteiger partial charge on any atom is -0.396 e. The van der Waals surface area contributed by atoms with Gasteiger partial charge in [0.05, 0.1) is 0 Å². The molecule has 1 N–H and O–H groups in total. The molecule has 1 rings (SSSR count). The van der Waals surface area contributed by atoms with Crippen LogP contribution in [0, 0.1) is 5.41 Å². The molecule has 1 saturated carbocycles. The smallest absolute Gasteiger partial charge is 0.0499 e. The van der Waals surface area contributed by atoms with Gasteiger partial charge in [-0.05, 0) is 32.9 Å². The number of aliphatic hydroxyl groups excluding tert-OH is 1. The second-order valence-electron chi connectivity index (χ2n) is 3.90. The van der Waals surface area contributed by atoms with Gasteiger partial charge in [0.2, 0.25) is 0 Å². The molecule has 1 aliphatic carbocycles. The first-order valence-corrected chi connectivity index (χ1v) is 4.52. The fourth-order valence-electron chi connectivity index (χ4n) is 1.58. The molecule has 0 bridgehead atoms. The van der Waals surface area contributed by atoms with Crippen LogP contribution < -0.4 is 0 Å². The highest BCUT2D eigenvalue weighted by molar-refractivity contribution is 4.94. The van der Waals surface area contributed by atoms with Gasteiger partial charge in [0.1, 0.15) is 0 Å². The van der Waals surface area contributed by atoms with Crippen LogP contribution in [0.25, 0.3) is 0 Å². The van der Waals surface area contributed by atoms with Crippen LogP contribution in [0.5, 0.6) is 0 Å². The molecular formula is C9H19NO. The highest BCUT2D eigenvalue weighted by Crippen LogP contribution is 2.45. The SMILES string of the molecule is CCCN(C)CC1(CO)CC1. The molecule has 0 aromatic heterocycles. The summed E-state index contributed by atoms with van der Waals surface area (Å²) in [5.41, 5.74) is 0.296. The standard InChI is InChI=1S/C9H19NO/c1-3-6-10(2)7-9(8-11)4-5-9/h11H,3-8H2,1-2H3. The molecule has 1 aliphatic rings. The van der Waals surface area contributed by atoms with E-state index < -0.39 is 0 Å². The highest BCUT2D eigenvalue weighted by Gasteiger charge is 2.42. The highest BCUT2D eigenvalue weighted by atomic mass is 16.3. The molecule has 2 nitrogen and oxygen atoms in total. The maximum absolute atomic E-state index is 9.05. The van der Waals surface area contributed by atoms with Gasteiger partial charge in [0.25, 0.3) is 0 Å². The van der Waals surface area contributed by atoms with E-state index in [1.165, 1.54) is 19.3 Å². The Morgan fingerprint density at radius 3 is 2.45 bits per heavy atom. The molecule has 0 aromatic rings. The molecule has 0 aromatic carbocycles. The predicted molar refractivity (Wildman–Crippen MR) is 46.5 cm³/mol. The van der Waals surface area contributed by atoms with E-state index in [1.54, 1.807) is 0 Å². The third kappa shape index (κ3) is 2.46. The lowest BCUT2D eigenvalue weighted by Gasteiger charge is -2.21. The third-order valence-corrected chi connectivity index (χ3v) is 2.50. The van der Waals surface area contributed by atoms with E-state index in [4.69, 9.17) is 5.11 Å². The molecule has 0 amide bonds. The van der Waals surface area contributed by atoms with Crippen LogP contribution in [0.15, 0.2) is 0 Å². The van der Waals surface area contributed by atoms with Crippen LogP contribution in [-0.4, -0.2) is 36.8 Å². The molecule has 0 heterocycles. The van der Waals surface area contributed by atoms with Gasteiger partial charge in [-0.3, -0.25) is 0 Å². The summed E-state index contributed by atoms with van der Waals surface area (Å²) in [7, 11) is 2.14. The lowest BCUT2D eigenvalue weighted by molar-refractivity contribution is 0.164. The third-order valence-electron chi connectivity index (χ3n) is 2.50. The van der Waals surface area contributed by atoms with E-state index in [9.17, 15) is 0 Å². The van der Waals surface area contributed by atoms with E-state index in [-0.39, 0.29) is 0 Å². The van der Waals surface area contributed by atoms with Gasteiger partial charge in [-0.15, -0.1) is 0 Å². The normalized spacial score (nSPS) is 20.7. The van der Waals surface area contributed by atoms with Gasteiger partial charge in [0, 0.05) is 18.6 Å². The van der Waals surface area contributed by atoms with Gasteiger partial charge in [-0.25, -0.2) is 0 Å². The molecule has 0 spiro atoms. The molecule has 0 unspecified atom stereocenters. The van der Waals surface area contributed by atoms with E-state index in [0.29, 0.717) is 12.0 Å². The zero-order valence-electron chi connectivity index (χ0n) is 7.64. The van der Waals surface area contributed by atoms with Crippen molar-refractivity contribution in [1.29, 1.82) is 0 Å². The maximum atomic E-state index is 9.05. The lowest BCUT2D eigenvalue weighted by atomic mass is 10.1. The average Bonchev–Trinajstić information content (AvgIpc) is 2.70. The Morgan fingerprint density at radius 2 is 2.09 bits per heavy atom. The summed E-state index contributed by atoms with van der Waals surface area (Å²) >= 11 is 0. The topological polar surface area (TPSA) is 23.5 Å². The van der Waals surface area contributed by atoms with Crippen molar-refractivity contribution in [3.63, 3.8) is 0 Å². The Labute approximate surface area is 69.2 Å². The van der Waals surface area contributed by atoms with Crippen molar-refractivity contribution in [3.05, 3.63) is 0 Å². The Hall–Kier alpha value is -0.0800. The largest absolute Gasteiger partial charge is 0.396 e. The van der Waals surface area contributed by atoms with E-state index >= 15 is 0 Å². The fraction of sp³-hybridized carbons (Fsp3) is 1.00. The van der Waals surface area contributed by atoms with Crippen molar-refractivity contribution in [2.45, 2.75) is 26.2 Å². The molecule has 66 valence electrons. The summed E-state index contributed by atoms with van der Waals surface area (Å²) in [4.78, 5) is 2.32. The summed E-state index contributed by atoms with van der Waals surface area (Å²) in [5.74, 6) is 0. The summed E-state index contributed by atoms with van der Waals surface area (Å²) in [5, 5.41) is 9.05. The van der Waals surface area contributed by atoms with Gasteiger partial charge in [-0.2, -0.15) is 0 Å². The van der Waals surface area contributed by atoms with E-state index in [0.717, 1.165) is 13.1 Å². The van der Waals surface area contributed by atoms with Crippen LogP contribution in [0.2, 0.25) is 0 Å². The van der Waals surface area contributed by atoms with Crippen LogP contribution in [0.1, 0.15) is 26.2 Å². The van der Waals surface area contributed by atoms with Crippen LogP contribution >= 0.6 is 0 Å². The quantitative estimate of drug-likeness (QED) is 0.646. The molecule has 0 saturated heterocycles. The number of hydrogen-bond acceptors (Lipinski definition) is 2. The molecule has 2 heteroatoms. The predicted octanol–water partition coefficient (Wildman–Crippen LogP) is 1.10. The van der Waals surface area contributed by atoms with Gasteiger partial charge in [-0.1, -0.05) is 6.92 Å². The fourth-order valence-corrected chi connectivity index (χ4v) is 1.58. The Bertz CT molecular complexity index is 121. The van der Waals surface area contributed by atoms with E-state index in [2.05, 4.69) is 18.9 Å². The Balaban J connectivity index is 2.18. The average molecular weight is 157 g/mol. The second-order valence-corrected chi connectivity index (χ2v) is 3.90. The summed E-state index contributed by atoms with van der Waals surface area (Å²) in [6, 6.07) is 0. The van der Waals surface area contributed by atoms with Crippen molar-refractivity contribution >= 4 is 0 Å². The zero-order chi connectivity index (χ0) is 8.32. The first-order chi connectivity index (χ1) is 5.22. The van der Waals surface area contributed by atoms with Crippen LogP contribution in [0.4, 0.5) is 0 Å². The van der Waals surface area contributed by atoms with Gasteiger partial charge < -0.3 is 10.0 Å². The summed E-state index contributed by atoms with van der Waals surface area (Å²) in [6.45, 7) is 4.80. The summed E-state index contributed by atoms with van der Waals surface area (Å²) in [6.07, 6.45) is 3.65. The van der Waals surface area contributed by atoms with Gasteiger partial charge >= 0.3 is 0 Å². The second kappa shape index (κ2) is 3.55. The molecule has 0 radical (unpaired) electrons. The molecule has 0 aliphatic heterocycles. The number of nitrogens with zero attached hydrogens (tertiary/aromatic N) is 1. The Kier molecular flexibility index (Phi) is 2.90. The van der Waals surface area contributed by atoms with Crippen molar-refractivity contribution in [1.82, 2.24) is 4.90 Å². The number of hydrogen-bond donors (Lipinski definition) is 1. The monoisotopic (exact) mass is 157 g/mol. The molecule has 1 fully saturated rings. The molecule has 0 atom stereocenters. The van der Waals surface area contributed by atoms with Crippen molar-refractivity contribution < 1.29 is 5.11 Å². The Morgan fingerprint density at radius 1 is 1.45 bits per heavy atom. The molecule has 11 heavy (non-hydrogen) atoms. The maximum Gasteiger partial charge on any atom is 0.0499 e. The van der Waals surface area contributed by atoms with Crippen molar-refractivity contribution in [3.8, 4) is 0 Å². The first-order valence-electron chi connectivity index (χ1n) is 4.52. The summed E-state index contributed by atoms with van der Waals surface area (Å²) < 4.78 is 0. The van der Waals surface area contributed by atoms with E-state index in [1.807, 2.05) is 0 Å². The minimum atomic E-state index is 0.296. The number of rotatable bonds is 5. The van der Waals surface area contributed by atoms with Crippen LogP contribution in [-0.2, 0) is 0 Å². The van der Waals surface area contributed by atoms with Crippen molar-refractivity contribution in [2.75, 3.05) is 26.7 Å². The zero-order valence-corrected chi connectivity index (χ0v) is 7.64. The van der Waals surface area contributed by atoms with Crippen molar-refractivity contribution in [2.24, 2.45) is 5.41 Å². The first kappa shape index (κ1) is 9.01. The lowest BCUT2D eigenvalue weighted by Crippen LogP contribution is -2.29. The van der Waals surface area contributed by atoms with Crippen LogP contribution in [0.3, 0.4) is 0 Å². The minimum absolute atomic E-state index is 0.296. The number of aliphatic hydroxyl groups is 1. The van der Waals surface area contributed by atoms with Gasteiger partial charge in [0.15, 0.2) is 0 Å².